The Morgan fingerprint density at radius 1 is 1.12 bits per heavy atom. The fourth-order valence-electron chi connectivity index (χ4n) is 4.20. The molecule has 182 valence electrons. The van der Waals surface area contributed by atoms with Gasteiger partial charge in [0.15, 0.2) is 11.6 Å². The van der Waals surface area contributed by atoms with Gasteiger partial charge < -0.3 is 20.9 Å². The number of hydrogen-bond acceptors (Lipinski definition) is 8. The summed E-state index contributed by atoms with van der Waals surface area (Å²) in [6.07, 6.45) is 3.86. The Hall–Kier alpha value is -2.98. The highest BCUT2D eigenvalue weighted by atomic mass is 35.5. The molecule has 1 aliphatic carbocycles. The predicted octanol–water partition coefficient (Wildman–Crippen LogP) is 3.95. The van der Waals surface area contributed by atoms with Crippen LogP contribution in [0.5, 0.6) is 0 Å². The molecule has 4 heterocycles. The van der Waals surface area contributed by atoms with Crippen molar-refractivity contribution in [3.63, 3.8) is 0 Å². The molecule has 3 aromatic rings. The standard InChI is InChI=1S/C23H30FN9.ClH/c1-13-12-33(8-7-25-13)18-11-26-23(30-22(18)28-20-9-14(2)32(4)31-20)29-19-10-17(16-5-6-16)21(24)15(3)27-19;/h9-11,13,16,25H,5-8,12H2,1-4H3,(H2,26,27,28,29,30,31);1H/t13-;/m1./s1. The lowest BCUT2D eigenvalue weighted by molar-refractivity contribution is 0.484. The monoisotopic (exact) mass is 487 g/mol. The van der Waals surface area contributed by atoms with Gasteiger partial charge in [0.2, 0.25) is 5.95 Å². The van der Waals surface area contributed by atoms with Crippen molar-refractivity contribution in [2.75, 3.05) is 35.2 Å². The molecule has 1 saturated carbocycles. The molecule has 34 heavy (non-hydrogen) atoms. The molecule has 0 spiro atoms. The molecule has 0 aromatic carbocycles. The van der Waals surface area contributed by atoms with Gasteiger partial charge in [0, 0.05) is 44.5 Å². The molecule has 2 aliphatic rings. The van der Waals surface area contributed by atoms with E-state index in [1.54, 1.807) is 13.0 Å². The highest BCUT2D eigenvalue weighted by Gasteiger charge is 2.28. The van der Waals surface area contributed by atoms with E-state index in [-0.39, 0.29) is 24.1 Å². The smallest absolute Gasteiger partial charge is 0.230 e. The Balaban J connectivity index is 0.00000274. The number of aromatic nitrogens is 5. The largest absolute Gasteiger partial charge is 0.364 e. The molecular formula is C23H31ClFN9. The summed E-state index contributed by atoms with van der Waals surface area (Å²) in [5, 5.41) is 14.5. The third-order valence-electron chi connectivity index (χ3n) is 6.25. The second kappa shape index (κ2) is 9.71. The first-order valence-electron chi connectivity index (χ1n) is 11.4. The van der Waals surface area contributed by atoms with Crippen molar-refractivity contribution in [2.45, 2.75) is 45.6 Å². The lowest BCUT2D eigenvalue weighted by Crippen LogP contribution is -2.49. The number of halogens is 2. The maximum Gasteiger partial charge on any atom is 0.230 e. The van der Waals surface area contributed by atoms with Crippen molar-refractivity contribution in [1.29, 1.82) is 0 Å². The number of piperazine rings is 1. The molecule has 3 N–H and O–H groups in total. The summed E-state index contributed by atoms with van der Waals surface area (Å²) in [4.78, 5) is 16.0. The zero-order valence-electron chi connectivity index (χ0n) is 19.9. The van der Waals surface area contributed by atoms with Gasteiger partial charge in [-0.15, -0.1) is 12.4 Å². The number of pyridine rings is 1. The molecular weight excluding hydrogens is 457 g/mol. The quantitative estimate of drug-likeness (QED) is 0.481. The van der Waals surface area contributed by atoms with Crippen molar-refractivity contribution < 1.29 is 4.39 Å². The van der Waals surface area contributed by atoms with Crippen LogP contribution in [0.1, 0.15) is 42.6 Å². The Bertz CT molecular complexity index is 1160. The average molecular weight is 488 g/mol. The van der Waals surface area contributed by atoms with Gasteiger partial charge in [-0.1, -0.05) is 0 Å². The number of nitrogens with one attached hydrogen (secondary N) is 3. The maximum absolute atomic E-state index is 14.5. The van der Waals surface area contributed by atoms with Crippen molar-refractivity contribution in [2.24, 2.45) is 7.05 Å². The van der Waals surface area contributed by atoms with E-state index in [2.05, 4.69) is 42.8 Å². The first kappa shape index (κ1) is 24.2. The zero-order valence-corrected chi connectivity index (χ0v) is 20.7. The lowest BCUT2D eigenvalue weighted by Gasteiger charge is -2.34. The van der Waals surface area contributed by atoms with Gasteiger partial charge in [-0.2, -0.15) is 10.1 Å². The Morgan fingerprint density at radius 2 is 1.91 bits per heavy atom. The summed E-state index contributed by atoms with van der Waals surface area (Å²) >= 11 is 0. The van der Waals surface area contributed by atoms with E-state index in [1.807, 2.05) is 30.9 Å². The van der Waals surface area contributed by atoms with Gasteiger partial charge in [-0.25, -0.2) is 14.4 Å². The minimum absolute atomic E-state index is 0. The van der Waals surface area contributed by atoms with Crippen molar-refractivity contribution >= 4 is 41.5 Å². The summed E-state index contributed by atoms with van der Waals surface area (Å²) < 4.78 is 16.3. The van der Waals surface area contributed by atoms with Crippen LogP contribution in [0.3, 0.4) is 0 Å². The first-order chi connectivity index (χ1) is 15.9. The summed E-state index contributed by atoms with van der Waals surface area (Å²) in [7, 11) is 1.91. The van der Waals surface area contributed by atoms with Crippen molar-refractivity contribution in [1.82, 2.24) is 30.0 Å². The van der Waals surface area contributed by atoms with Gasteiger partial charge in [-0.05, 0) is 51.2 Å². The molecule has 0 bridgehead atoms. The molecule has 1 atom stereocenters. The van der Waals surface area contributed by atoms with Crippen LogP contribution in [0.4, 0.5) is 33.5 Å². The molecule has 3 aromatic heterocycles. The van der Waals surface area contributed by atoms with Crippen molar-refractivity contribution in [3.8, 4) is 0 Å². The second-order valence-corrected chi connectivity index (χ2v) is 9.04. The van der Waals surface area contributed by atoms with Crippen LogP contribution in [0, 0.1) is 19.7 Å². The van der Waals surface area contributed by atoms with E-state index in [4.69, 9.17) is 4.98 Å². The van der Waals surface area contributed by atoms with Crippen LogP contribution in [-0.4, -0.2) is 50.4 Å². The normalized spacial score (nSPS) is 17.9. The molecule has 2 fully saturated rings. The number of rotatable bonds is 6. The van der Waals surface area contributed by atoms with E-state index in [0.717, 1.165) is 55.2 Å². The SMILES string of the molecule is Cc1nc(Nc2ncc(N3CCN[C@H](C)C3)c(Nc3cc(C)n(C)n3)n2)cc(C2CC2)c1F.Cl. The van der Waals surface area contributed by atoms with E-state index in [1.165, 1.54) is 0 Å². The molecule has 1 saturated heterocycles. The van der Waals surface area contributed by atoms with Gasteiger partial charge in [-0.3, -0.25) is 4.68 Å². The van der Waals surface area contributed by atoms with Gasteiger partial charge in [0.25, 0.3) is 0 Å². The first-order valence-corrected chi connectivity index (χ1v) is 11.4. The predicted molar refractivity (Wildman–Crippen MR) is 134 cm³/mol. The molecule has 11 heteroatoms. The van der Waals surface area contributed by atoms with Gasteiger partial charge in [0.05, 0.1) is 17.6 Å². The minimum Gasteiger partial charge on any atom is -0.364 e. The van der Waals surface area contributed by atoms with E-state index < -0.39 is 0 Å². The number of aryl methyl sites for hydroxylation is 3. The number of anilines is 5. The fourth-order valence-corrected chi connectivity index (χ4v) is 4.20. The van der Waals surface area contributed by atoms with E-state index >= 15 is 0 Å². The molecule has 0 amide bonds. The Kier molecular flexibility index (Phi) is 6.90. The van der Waals surface area contributed by atoms with Gasteiger partial charge in [0.1, 0.15) is 11.6 Å². The zero-order chi connectivity index (χ0) is 23.1. The lowest BCUT2D eigenvalue weighted by atomic mass is 10.1. The Labute approximate surface area is 205 Å². The van der Waals surface area contributed by atoms with Crippen LogP contribution < -0.4 is 20.9 Å². The minimum atomic E-state index is -0.208. The molecule has 1 aliphatic heterocycles. The fraction of sp³-hybridized carbons (Fsp3) is 0.478. The summed E-state index contributed by atoms with van der Waals surface area (Å²) in [5.41, 5.74) is 3.06. The number of nitrogens with zero attached hydrogens (tertiary/aromatic N) is 6. The molecule has 9 nitrogen and oxygen atoms in total. The second-order valence-electron chi connectivity index (χ2n) is 9.04. The third kappa shape index (κ3) is 5.07. The van der Waals surface area contributed by atoms with Crippen LogP contribution in [0.15, 0.2) is 18.3 Å². The summed E-state index contributed by atoms with van der Waals surface area (Å²) in [6.45, 7) is 8.47. The summed E-state index contributed by atoms with van der Waals surface area (Å²) in [5.74, 6) is 2.42. The molecule has 0 radical (unpaired) electrons. The van der Waals surface area contributed by atoms with Crippen LogP contribution in [-0.2, 0) is 7.05 Å². The van der Waals surface area contributed by atoms with E-state index in [0.29, 0.717) is 29.3 Å². The third-order valence-corrected chi connectivity index (χ3v) is 6.25. The highest BCUT2D eigenvalue weighted by molar-refractivity contribution is 5.85. The highest BCUT2D eigenvalue weighted by Crippen LogP contribution is 2.42. The maximum atomic E-state index is 14.5. The van der Waals surface area contributed by atoms with Crippen LogP contribution in [0.25, 0.3) is 0 Å². The van der Waals surface area contributed by atoms with Crippen molar-refractivity contribution in [3.05, 3.63) is 41.1 Å². The van der Waals surface area contributed by atoms with Crippen LogP contribution in [0.2, 0.25) is 0 Å². The Morgan fingerprint density at radius 3 is 2.59 bits per heavy atom. The molecule has 5 rings (SSSR count). The van der Waals surface area contributed by atoms with E-state index in [9.17, 15) is 4.39 Å². The van der Waals surface area contributed by atoms with Gasteiger partial charge >= 0.3 is 0 Å². The number of hydrogen-bond donors (Lipinski definition) is 3. The average Bonchev–Trinajstić information content (AvgIpc) is 3.56. The van der Waals surface area contributed by atoms with Crippen LogP contribution >= 0.6 is 12.4 Å². The topological polar surface area (TPSA) is 95.8 Å². The molecule has 0 unspecified atom stereocenters. The summed E-state index contributed by atoms with van der Waals surface area (Å²) in [6, 6.07) is 4.13.